The van der Waals surface area contributed by atoms with Crippen LogP contribution in [0, 0.1) is 5.92 Å². The topological polar surface area (TPSA) is 122 Å². The summed E-state index contributed by atoms with van der Waals surface area (Å²) in [6, 6.07) is 4.37. The van der Waals surface area contributed by atoms with Crippen LogP contribution in [0.1, 0.15) is 49.7 Å². The fourth-order valence-corrected chi connectivity index (χ4v) is 2.17. The Bertz CT molecular complexity index is 701. The smallest absolute Gasteiger partial charge is 0.378 e. The van der Waals surface area contributed by atoms with Gasteiger partial charge in [0.1, 0.15) is 11.6 Å². The first-order chi connectivity index (χ1) is 12.0. The molecule has 0 saturated carbocycles. The van der Waals surface area contributed by atoms with Crippen molar-refractivity contribution in [2.24, 2.45) is 5.92 Å². The van der Waals surface area contributed by atoms with Gasteiger partial charge in [0.2, 0.25) is 0 Å². The van der Waals surface area contributed by atoms with E-state index in [0.29, 0.717) is 18.1 Å². The molecule has 0 unspecified atom stereocenters. The maximum atomic E-state index is 12.2. The molecule has 134 valence electrons. The van der Waals surface area contributed by atoms with Crippen molar-refractivity contribution in [1.29, 1.82) is 0 Å². The summed E-state index contributed by atoms with van der Waals surface area (Å²) < 4.78 is 4.87. The number of aromatic amines is 1. The molecule has 0 aliphatic rings. The van der Waals surface area contributed by atoms with E-state index in [9.17, 15) is 9.59 Å². The molecule has 0 spiro atoms. The number of pyridine rings is 1. The monoisotopic (exact) mass is 346 g/mol. The van der Waals surface area contributed by atoms with Crippen LogP contribution in [0.4, 0.5) is 10.6 Å². The molecule has 2 aromatic heterocycles. The Kier molecular flexibility index (Phi) is 6.44. The molecule has 1 atom stereocenters. The van der Waals surface area contributed by atoms with Crippen molar-refractivity contribution in [2.75, 3.05) is 11.9 Å². The summed E-state index contributed by atoms with van der Waals surface area (Å²) >= 11 is 0. The van der Waals surface area contributed by atoms with Gasteiger partial charge in [-0.2, -0.15) is 0 Å². The maximum Gasteiger partial charge on any atom is 0.378 e. The Morgan fingerprint density at radius 2 is 2.12 bits per heavy atom. The zero-order valence-corrected chi connectivity index (χ0v) is 14.4. The van der Waals surface area contributed by atoms with E-state index in [0.717, 1.165) is 0 Å². The number of aromatic nitrogens is 4. The Hall–Kier alpha value is -2.97. The number of hydrogen-bond acceptors (Lipinski definition) is 6. The second kappa shape index (κ2) is 8.76. The number of anilines is 1. The number of rotatable bonds is 7. The van der Waals surface area contributed by atoms with Gasteiger partial charge < -0.3 is 10.1 Å². The zero-order chi connectivity index (χ0) is 18.2. The summed E-state index contributed by atoms with van der Waals surface area (Å²) in [7, 11) is 0. The molecule has 0 fully saturated rings. The van der Waals surface area contributed by atoms with Gasteiger partial charge >= 0.3 is 12.0 Å². The summed E-state index contributed by atoms with van der Waals surface area (Å²) in [6.45, 7) is 5.99. The highest BCUT2D eigenvalue weighted by atomic mass is 16.5. The van der Waals surface area contributed by atoms with E-state index in [1.165, 1.54) is 0 Å². The molecule has 0 bridgehead atoms. The Morgan fingerprint density at radius 3 is 2.76 bits per heavy atom. The van der Waals surface area contributed by atoms with Gasteiger partial charge in [0.05, 0.1) is 12.6 Å². The number of carbonyl (C=O) groups excluding carboxylic acids is 2. The fraction of sp³-hybridized carbons (Fsp3) is 0.438. The minimum Gasteiger partial charge on any atom is -0.460 e. The molecule has 9 nitrogen and oxygen atoms in total. The molecular formula is C16H22N6O3. The number of H-pyrrole nitrogens is 1. The minimum absolute atomic E-state index is 0.0578. The van der Waals surface area contributed by atoms with Crippen molar-refractivity contribution in [3.05, 3.63) is 36.0 Å². The zero-order valence-electron chi connectivity index (χ0n) is 14.4. The number of nitrogens with one attached hydrogen (secondary N) is 3. The highest BCUT2D eigenvalue weighted by Gasteiger charge is 2.22. The molecule has 25 heavy (non-hydrogen) atoms. The van der Waals surface area contributed by atoms with E-state index < -0.39 is 18.0 Å². The van der Waals surface area contributed by atoms with Crippen LogP contribution < -0.4 is 10.6 Å². The summed E-state index contributed by atoms with van der Waals surface area (Å²) in [4.78, 5) is 32.1. The van der Waals surface area contributed by atoms with Crippen LogP contribution in [0.5, 0.6) is 0 Å². The highest BCUT2D eigenvalue weighted by Crippen LogP contribution is 2.18. The van der Waals surface area contributed by atoms with E-state index in [4.69, 9.17) is 4.74 Å². The lowest BCUT2D eigenvalue weighted by molar-refractivity contribution is 0.0512. The second-order valence-electron chi connectivity index (χ2n) is 5.76. The van der Waals surface area contributed by atoms with E-state index in [-0.39, 0.29) is 18.3 Å². The summed E-state index contributed by atoms with van der Waals surface area (Å²) in [5.74, 6) is 0.459. The molecule has 9 heteroatoms. The predicted molar refractivity (Wildman–Crippen MR) is 90.9 cm³/mol. The van der Waals surface area contributed by atoms with Crippen LogP contribution in [0.3, 0.4) is 0 Å². The molecule has 2 amide bonds. The summed E-state index contributed by atoms with van der Waals surface area (Å²) in [5.41, 5.74) is 0. The molecule has 0 aromatic carbocycles. The largest absolute Gasteiger partial charge is 0.460 e. The van der Waals surface area contributed by atoms with E-state index in [1.807, 2.05) is 13.8 Å². The lowest BCUT2D eigenvalue weighted by atomic mass is 10.0. The first kappa shape index (κ1) is 18.4. The Morgan fingerprint density at radius 1 is 1.32 bits per heavy atom. The van der Waals surface area contributed by atoms with Crippen LogP contribution in [0.25, 0.3) is 0 Å². The molecule has 0 saturated heterocycles. The van der Waals surface area contributed by atoms with E-state index in [1.54, 1.807) is 31.3 Å². The van der Waals surface area contributed by atoms with Gasteiger partial charge in [-0.3, -0.25) is 10.4 Å². The summed E-state index contributed by atoms with van der Waals surface area (Å²) in [5, 5.41) is 12.0. The average molecular weight is 346 g/mol. The molecule has 0 radical (unpaired) electrons. The molecule has 2 heterocycles. The molecular weight excluding hydrogens is 324 g/mol. The number of esters is 1. The number of ether oxygens (including phenoxy) is 1. The number of carbonyl (C=O) groups is 2. The molecule has 2 aromatic rings. The fourth-order valence-electron chi connectivity index (χ4n) is 2.17. The van der Waals surface area contributed by atoms with Gasteiger partial charge in [-0.15, -0.1) is 5.10 Å². The Labute approximate surface area is 145 Å². The van der Waals surface area contributed by atoms with Gasteiger partial charge in [0, 0.05) is 6.20 Å². The predicted octanol–water partition coefficient (Wildman–Crippen LogP) is 2.29. The van der Waals surface area contributed by atoms with Gasteiger partial charge in [0.25, 0.3) is 5.82 Å². The number of amides is 2. The third kappa shape index (κ3) is 5.55. The third-order valence-electron chi connectivity index (χ3n) is 3.21. The lowest BCUT2D eigenvalue weighted by Crippen LogP contribution is -2.34. The summed E-state index contributed by atoms with van der Waals surface area (Å²) in [6.07, 6.45) is 2.20. The van der Waals surface area contributed by atoms with Crippen LogP contribution >= 0.6 is 0 Å². The normalized spacial score (nSPS) is 11.8. The van der Waals surface area contributed by atoms with Crippen LogP contribution in [0.2, 0.25) is 0 Å². The SMILES string of the molecule is CCOC(=O)c1n[nH]c([C@H](CC(C)C)NC(=O)Nc2ccccn2)n1. The van der Waals surface area contributed by atoms with Crippen LogP contribution in [-0.4, -0.2) is 38.8 Å². The molecule has 0 aliphatic carbocycles. The van der Waals surface area contributed by atoms with Crippen molar-refractivity contribution in [2.45, 2.75) is 33.2 Å². The molecule has 0 aliphatic heterocycles. The second-order valence-corrected chi connectivity index (χ2v) is 5.76. The van der Waals surface area contributed by atoms with Crippen LogP contribution in [0.15, 0.2) is 24.4 Å². The Balaban J connectivity index is 2.08. The molecule has 3 N–H and O–H groups in total. The van der Waals surface area contributed by atoms with Gasteiger partial charge in [-0.05, 0) is 31.4 Å². The van der Waals surface area contributed by atoms with E-state index in [2.05, 4.69) is 30.8 Å². The minimum atomic E-state index is -0.605. The lowest BCUT2D eigenvalue weighted by Gasteiger charge is -2.18. The first-order valence-electron chi connectivity index (χ1n) is 8.07. The van der Waals surface area contributed by atoms with Crippen LogP contribution in [-0.2, 0) is 4.74 Å². The van der Waals surface area contributed by atoms with Gasteiger partial charge in [-0.1, -0.05) is 19.9 Å². The van der Waals surface area contributed by atoms with Gasteiger partial charge in [0.15, 0.2) is 0 Å². The van der Waals surface area contributed by atoms with Crippen molar-refractivity contribution in [3.63, 3.8) is 0 Å². The van der Waals surface area contributed by atoms with Crippen molar-refractivity contribution >= 4 is 17.8 Å². The quantitative estimate of drug-likeness (QED) is 0.661. The molecule has 2 rings (SSSR count). The number of urea groups is 1. The van der Waals surface area contributed by atoms with Crippen molar-refractivity contribution in [1.82, 2.24) is 25.5 Å². The number of hydrogen-bond donors (Lipinski definition) is 3. The number of nitrogens with zero attached hydrogens (tertiary/aromatic N) is 3. The van der Waals surface area contributed by atoms with Crippen molar-refractivity contribution < 1.29 is 14.3 Å². The van der Waals surface area contributed by atoms with Crippen molar-refractivity contribution in [3.8, 4) is 0 Å². The van der Waals surface area contributed by atoms with E-state index >= 15 is 0 Å². The maximum absolute atomic E-state index is 12.2. The third-order valence-corrected chi connectivity index (χ3v) is 3.21. The standard InChI is InChI=1S/C16H22N6O3/c1-4-25-15(23)14-20-13(21-22-14)11(9-10(2)3)18-16(24)19-12-7-5-6-8-17-12/h5-8,10-11H,4,9H2,1-3H3,(H,20,21,22)(H2,17,18,19,24)/t11-/m0/s1. The van der Waals surface area contributed by atoms with Gasteiger partial charge in [-0.25, -0.2) is 19.6 Å². The first-order valence-corrected chi connectivity index (χ1v) is 8.07. The highest BCUT2D eigenvalue weighted by molar-refractivity contribution is 5.88. The average Bonchev–Trinajstić information content (AvgIpc) is 3.05.